The average Bonchev–Trinajstić information content (AvgIpc) is 2.74. The Labute approximate surface area is 105 Å². The summed E-state index contributed by atoms with van der Waals surface area (Å²) < 4.78 is 0. The standard InChI is InChI=1S/C12H14ClN3O/c13-9-4-3-8-10(16-9)14-7-12(11(17)15-8)5-1-2-6-12/h3-4H,1-2,5-7H2,(H,14,16)(H,15,17). The van der Waals surface area contributed by atoms with Crippen molar-refractivity contribution >= 4 is 29.0 Å². The molecule has 2 heterocycles. The summed E-state index contributed by atoms with van der Waals surface area (Å²) >= 11 is 5.85. The van der Waals surface area contributed by atoms with Crippen molar-refractivity contribution in [3.05, 3.63) is 17.3 Å². The van der Waals surface area contributed by atoms with Gasteiger partial charge in [0.05, 0.1) is 11.1 Å². The van der Waals surface area contributed by atoms with Crippen molar-refractivity contribution in [3.63, 3.8) is 0 Å². The summed E-state index contributed by atoms with van der Waals surface area (Å²) in [5.41, 5.74) is 0.468. The van der Waals surface area contributed by atoms with Crippen LogP contribution in [-0.4, -0.2) is 17.4 Å². The first kappa shape index (κ1) is 10.8. The molecule has 17 heavy (non-hydrogen) atoms. The smallest absolute Gasteiger partial charge is 0.232 e. The normalized spacial score (nSPS) is 21.6. The van der Waals surface area contributed by atoms with Gasteiger partial charge in [-0.25, -0.2) is 4.98 Å². The fourth-order valence-electron chi connectivity index (χ4n) is 2.71. The molecule has 2 N–H and O–H groups in total. The van der Waals surface area contributed by atoms with Gasteiger partial charge >= 0.3 is 0 Å². The lowest BCUT2D eigenvalue weighted by Gasteiger charge is -2.24. The van der Waals surface area contributed by atoms with Crippen LogP contribution in [0.5, 0.6) is 0 Å². The fourth-order valence-corrected chi connectivity index (χ4v) is 2.86. The Kier molecular flexibility index (Phi) is 2.47. The Balaban J connectivity index is 1.96. The molecule has 90 valence electrons. The summed E-state index contributed by atoms with van der Waals surface area (Å²) in [5, 5.41) is 6.65. The zero-order chi connectivity index (χ0) is 11.9. The van der Waals surface area contributed by atoms with E-state index in [1.807, 2.05) is 0 Å². The van der Waals surface area contributed by atoms with E-state index in [9.17, 15) is 4.79 Å². The number of aromatic nitrogens is 1. The summed E-state index contributed by atoms with van der Waals surface area (Å²) in [6, 6.07) is 3.48. The number of anilines is 2. The van der Waals surface area contributed by atoms with E-state index < -0.39 is 0 Å². The predicted octanol–water partition coefficient (Wildman–Crippen LogP) is 2.66. The highest BCUT2D eigenvalue weighted by atomic mass is 35.5. The minimum Gasteiger partial charge on any atom is -0.367 e. The minimum absolute atomic E-state index is 0.116. The Morgan fingerprint density at radius 3 is 2.82 bits per heavy atom. The van der Waals surface area contributed by atoms with Crippen molar-refractivity contribution < 1.29 is 4.79 Å². The first-order valence-corrected chi connectivity index (χ1v) is 6.29. The molecule has 1 fully saturated rings. The lowest BCUT2D eigenvalue weighted by molar-refractivity contribution is -0.124. The van der Waals surface area contributed by atoms with Crippen molar-refractivity contribution in [2.45, 2.75) is 25.7 Å². The molecular formula is C12H14ClN3O. The zero-order valence-corrected chi connectivity index (χ0v) is 10.2. The van der Waals surface area contributed by atoms with E-state index in [1.165, 1.54) is 0 Å². The van der Waals surface area contributed by atoms with Crippen molar-refractivity contribution in [2.24, 2.45) is 5.41 Å². The van der Waals surface area contributed by atoms with Crippen LogP contribution < -0.4 is 10.6 Å². The molecule has 4 nitrogen and oxygen atoms in total. The molecule has 1 saturated carbocycles. The second kappa shape index (κ2) is 3.88. The molecule has 3 rings (SSSR count). The van der Waals surface area contributed by atoms with Crippen LogP contribution in [0.4, 0.5) is 11.5 Å². The van der Waals surface area contributed by atoms with Gasteiger partial charge in [-0.2, -0.15) is 0 Å². The monoisotopic (exact) mass is 251 g/mol. The molecule has 2 aliphatic rings. The minimum atomic E-state index is -0.257. The number of hydrogen-bond donors (Lipinski definition) is 2. The molecule has 5 heteroatoms. The lowest BCUT2D eigenvalue weighted by atomic mass is 9.85. The third-order valence-corrected chi connectivity index (χ3v) is 3.96. The van der Waals surface area contributed by atoms with Crippen LogP contribution in [-0.2, 0) is 4.79 Å². The van der Waals surface area contributed by atoms with Crippen LogP contribution in [0.25, 0.3) is 0 Å². The molecular weight excluding hydrogens is 238 g/mol. The summed E-state index contributed by atoms with van der Waals surface area (Å²) in [5.74, 6) is 0.792. The molecule has 1 spiro atoms. The van der Waals surface area contributed by atoms with Crippen molar-refractivity contribution in [3.8, 4) is 0 Å². The number of pyridine rings is 1. The molecule has 0 aromatic carbocycles. The number of hydrogen-bond acceptors (Lipinski definition) is 3. The number of carbonyl (C=O) groups is 1. The Morgan fingerprint density at radius 2 is 2.06 bits per heavy atom. The molecule has 0 atom stereocenters. The van der Waals surface area contributed by atoms with Gasteiger partial charge in [0, 0.05) is 6.54 Å². The van der Waals surface area contributed by atoms with E-state index in [4.69, 9.17) is 11.6 Å². The number of halogens is 1. The average molecular weight is 252 g/mol. The quantitative estimate of drug-likeness (QED) is 0.697. The topological polar surface area (TPSA) is 54.0 Å². The van der Waals surface area contributed by atoms with E-state index in [2.05, 4.69) is 15.6 Å². The van der Waals surface area contributed by atoms with E-state index in [1.54, 1.807) is 12.1 Å². The summed E-state index contributed by atoms with van der Waals surface area (Å²) in [6.45, 7) is 0.652. The van der Waals surface area contributed by atoms with E-state index >= 15 is 0 Å². The molecule has 1 aromatic heterocycles. The maximum Gasteiger partial charge on any atom is 0.232 e. The number of amides is 1. The number of fused-ring (bicyclic) bond motifs is 1. The van der Waals surface area contributed by atoms with Gasteiger partial charge in [-0.3, -0.25) is 4.79 Å². The second-order valence-corrected chi connectivity index (χ2v) is 5.21. The molecule has 1 aromatic rings. The molecule has 0 radical (unpaired) electrons. The second-order valence-electron chi connectivity index (χ2n) is 4.83. The maximum atomic E-state index is 12.3. The number of carbonyl (C=O) groups excluding carboxylic acids is 1. The van der Waals surface area contributed by atoms with Gasteiger partial charge < -0.3 is 10.6 Å². The lowest BCUT2D eigenvalue weighted by Crippen LogP contribution is -2.37. The van der Waals surface area contributed by atoms with E-state index in [0.29, 0.717) is 17.5 Å². The third-order valence-electron chi connectivity index (χ3n) is 3.75. The highest BCUT2D eigenvalue weighted by Gasteiger charge is 2.42. The van der Waals surface area contributed by atoms with Gasteiger partial charge in [0.1, 0.15) is 5.15 Å². The fraction of sp³-hybridized carbons (Fsp3) is 0.500. The van der Waals surface area contributed by atoms with Gasteiger partial charge in [0.2, 0.25) is 5.91 Å². The van der Waals surface area contributed by atoms with Gasteiger partial charge in [-0.1, -0.05) is 24.4 Å². The van der Waals surface area contributed by atoms with Crippen molar-refractivity contribution in [2.75, 3.05) is 17.2 Å². The van der Waals surface area contributed by atoms with E-state index in [0.717, 1.165) is 31.4 Å². The summed E-state index contributed by atoms with van der Waals surface area (Å²) in [7, 11) is 0. The van der Waals surface area contributed by atoms with Crippen LogP contribution in [0.2, 0.25) is 5.15 Å². The molecule has 1 amide bonds. The SMILES string of the molecule is O=C1Nc2ccc(Cl)nc2NCC12CCCC2. The van der Waals surface area contributed by atoms with Gasteiger partial charge in [-0.05, 0) is 25.0 Å². The third kappa shape index (κ3) is 1.76. The van der Waals surface area contributed by atoms with Crippen LogP contribution >= 0.6 is 11.6 Å². The Bertz CT molecular complexity index is 469. The molecule has 0 unspecified atom stereocenters. The maximum absolute atomic E-state index is 12.3. The molecule has 0 bridgehead atoms. The van der Waals surface area contributed by atoms with E-state index in [-0.39, 0.29) is 11.3 Å². The van der Waals surface area contributed by atoms with Gasteiger partial charge in [-0.15, -0.1) is 0 Å². The largest absolute Gasteiger partial charge is 0.367 e. The van der Waals surface area contributed by atoms with Crippen molar-refractivity contribution in [1.29, 1.82) is 0 Å². The van der Waals surface area contributed by atoms with Crippen LogP contribution in [0, 0.1) is 5.41 Å². The van der Waals surface area contributed by atoms with Crippen LogP contribution in [0.3, 0.4) is 0 Å². The first-order chi connectivity index (χ1) is 8.20. The van der Waals surface area contributed by atoms with Crippen LogP contribution in [0.15, 0.2) is 12.1 Å². The van der Waals surface area contributed by atoms with Crippen molar-refractivity contribution in [1.82, 2.24) is 4.98 Å². The Morgan fingerprint density at radius 1 is 1.29 bits per heavy atom. The van der Waals surface area contributed by atoms with Crippen LogP contribution in [0.1, 0.15) is 25.7 Å². The number of rotatable bonds is 0. The molecule has 1 aliphatic heterocycles. The molecule has 0 saturated heterocycles. The van der Waals surface area contributed by atoms with Gasteiger partial charge in [0.15, 0.2) is 5.82 Å². The van der Waals surface area contributed by atoms with Gasteiger partial charge in [0.25, 0.3) is 0 Å². The highest BCUT2D eigenvalue weighted by molar-refractivity contribution is 6.29. The highest BCUT2D eigenvalue weighted by Crippen LogP contribution is 2.41. The Hall–Kier alpha value is -1.29. The zero-order valence-electron chi connectivity index (χ0n) is 9.42. The number of nitrogens with one attached hydrogen (secondary N) is 2. The summed E-state index contributed by atoms with van der Waals surface area (Å²) in [6.07, 6.45) is 4.15. The predicted molar refractivity (Wildman–Crippen MR) is 67.3 cm³/mol. The first-order valence-electron chi connectivity index (χ1n) is 5.92. The summed E-state index contributed by atoms with van der Waals surface area (Å²) in [4.78, 5) is 16.5. The molecule has 1 aliphatic carbocycles. The number of nitrogens with zero attached hydrogens (tertiary/aromatic N) is 1.